The Hall–Kier alpha value is -1.36. The Balaban J connectivity index is 2.29. The molecular formula is C15H16ClNO2S. The predicted molar refractivity (Wildman–Crippen MR) is 81.2 cm³/mol. The molecule has 0 amide bonds. The average Bonchev–Trinajstić information content (AvgIpc) is 2.49. The summed E-state index contributed by atoms with van der Waals surface area (Å²) in [6.45, 7) is 0.610. The molecule has 5 heteroatoms. The van der Waals surface area contributed by atoms with E-state index in [0.29, 0.717) is 11.4 Å². The fourth-order valence-corrected chi connectivity index (χ4v) is 3.66. The van der Waals surface area contributed by atoms with Crippen LogP contribution in [0.3, 0.4) is 0 Å². The van der Waals surface area contributed by atoms with Crippen molar-refractivity contribution >= 4 is 21.6 Å². The molecule has 0 saturated heterocycles. The van der Waals surface area contributed by atoms with Gasteiger partial charge in [-0.2, -0.15) is 4.31 Å². The lowest BCUT2D eigenvalue weighted by atomic mass is 10.2. The van der Waals surface area contributed by atoms with Crippen molar-refractivity contribution in [2.45, 2.75) is 11.4 Å². The number of halogens is 1. The highest BCUT2D eigenvalue weighted by atomic mass is 35.5. The number of hydrogen-bond donors (Lipinski definition) is 0. The van der Waals surface area contributed by atoms with Crippen LogP contribution in [0.15, 0.2) is 65.6 Å². The van der Waals surface area contributed by atoms with Crippen molar-refractivity contribution in [3.8, 4) is 0 Å². The molecule has 2 aromatic carbocycles. The Morgan fingerprint density at radius 3 is 2.00 bits per heavy atom. The lowest BCUT2D eigenvalue weighted by Gasteiger charge is -2.21. The zero-order valence-electron chi connectivity index (χ0n) is 10.9. The van der Waals surface area contributed by atoms with Crippen LogP contribution < -0.4 is 0 Å². The summed E-state index contributed by atoms with van der Waals surface area (Å²) in [7, 11) is -3.51. The van der Waals surface area contributed by atoms with Crippen molar-refractivity contribution in [2.24, 2.45) is 0 Å². The maximum absolute atomic E-state index is 12.6. The van der Waals surface area contributed by atoms with E-state index in [1.807, 2.05) is 30.3 Å². The fraction of sp³-hybridized carbons (Fsp3) is 0.200. The van der Waals surface area contributed by atoms with E-state index in [0.717, 1.165) is 5.56 Å². The molecule has 106 valence electrons. The van der Waals surface area contributed by atoms with Crippen LogP contribution >= 0.6 is 11.6 Å². The largest absolute Gasteiger partial charge is 0.243 e. The number of rotatable bonds is 6. The SMILES string of the molecule is O=S(=O)(c1ccccc1)N(CCCl)Cc1ccccc1. The lowest BCUT2D eigenvalue weighted by molar-refractivity contribution is 0.425. The van der Waals surface area contributed by atoms with Crippen molar-refractivity contribution in [3.63, 3.8) is 0 Å². The molecule has 0 aliphatic rings. The van der Waals surface area contributed by atoms with Gasteiger partial charge in [0.15, 0.2) is 0 Å². The van der Waals surface area contributed by atoms with Gasteiger partial charge in [0.1, 0.15) is 0 Å². The Morgan fingerprint density at radius 1 is 0.900 bits per heavy atom. The number of alkyl halides is 1. The molecule has 0 heterocycles. The van der Waals surface area contributed by atoms with E-state index in [1.54, 1.807) is 30.3 Å². The molecule has 0 fully saturated rings. The maximum atomic E-state index is 12.6. The van der Waals surface area contributed by atoms with Gasteiger partial charge in [0, 0.05) is 19.0 Å². The first kappa shape index (κ1) is 15.0. The summed E-state index contributed by atoms with van der Waals surface area (Å²) in [5.41, 5.74) is 0.942. The second kappa shape index (κ2) is 6.88. The summed E-state index contributed by atoms with van der Waals surface area (Å²) >= 11 is 5.75. The van der Waals surface area contributed by atoms with Crippen molar-refractivity contribution in [1.82, 2.24) is 4.31 Å². The molecule has 2 aromatic rings. The minimum absolute atomic E-state index is 0.263. The quantitative estimate of drug-likeness (QED) is 0.769. The fourth-order valence-electron chi connectivity index (χ4n) is 1.91. The summed E-state index contributed by atoms with van der Waals surface area (Å²) in [5, 5.41) is 0. The van der Waals surface area contributed by atoms with Gasteiger partial charge < -0.3 is 0 Å². The molecule has 0 N–H and O–H groups in total. The highest BCUT2D eigenvalue weighted by molar-refractivity contribution is 7.89. The van der Waals surface area contributed by atoms with Gasteiger partial charge in [-0.25, -0.2) is 8.42 Å². The van der Waals surface area contributed by atoms with Crippen molar-refractivity contribution in [2.75, 3.05) is 12.4 Å². The van der Waals surface area contributed by atoms with Gasteiger partial charge in [-0.3, -0.25) is 0 Å². The summed E-state index contributed by atoms with van der Waals surface area (Å²) < 4.78 is 26.6. The maximum Gasteiger partial charge on any atom is 0.243 e. The van der Waals surface area contributed by atoms with Crippen molar-refractivity contribution in [3.05, 3.63) is 66.2 Å². The first-order chi connectivity index (χ1) is 9.64. The van der Waals surface area contributed by atoms with E-state index in [2.05, 4.69) is 0 Å². The van der Waals surface area contributed by atoms with E-state index < -0.39 is 10.0 Å². The number of benzene rings is 2. The van der Waals surface area contributed by atoms with Crippen LogP contribution in [0.2, 0.25) is 0 Å². The number of sulfonamides is 1. The third kappa shape index (κ3) is 3.60. The normalized spacial score (nSPS) is 11.7. The Morgan fingerprint density at radius 2 is 1.45 bits per heavy atom. The first-order valence-electron chi connectivity index (χ1n) is 6.29. The van der Waals surface area contributed by atoms with E-state index >= 15 is 0 Å². The molecular weight excluding hydrogens is 294 g/mol. The van der Waals surface area contributed by atoms with Crippen molar-refractivity contribution < 1.29 is 8.42 Å². The van der Waals surface area contributed by atoms with Crippen LogP contribution in [0.25, 0.3) is 0 Å². The molecule has 0 unspecified atom stereocenters. The van der Waals surface area contributed by atoms with E-state index in [1.165, 1.54) is 4.31 Å². The second-order valence-corrected chi connectivity index (χ2v) is 6.64. The minimum Gasteiger partial charge on any atom is -0.207 e. The topological polar surface area (TPSA) is 37.4 Å². The molecule has 0 aliphatic heterocycles. The summed E-state index contributed by atoms with van der Waals surface area (Å²) in [6, 6.07) is 17.9. The number of hydrogen-bond acceptors (Lipinski definition) is 2. The van der Waals surface area contributed by atoms with Crippen LogP contribution in [0.1, 0.15) is 5.56 Å². The zero-order chi connectivity index (χ0) is 14.4. The molecule has 3 nitrogen and oxygen atoms in total. The monoisotopic (exact) mass is 309 g/mol. The van der Waals surface area contributed by atoms with E-state index in [4.69, 9.17) is 11.6 Å². The third-order valence-electron chi connectivity index (χ3n) is 2.92. The van der Waals surface area contributed by atoms with Crippen LogP contribution in [0.4, 0.5) is 0 Å². The molecule has 2 rings (SSSR count). The molecule has 0 bridgehead atoms. The second-order valence-electron chi connectivity index (χ2n) is 4.33. The van der Waals surface area contributed by atoms with Crippen LogP contribution in [0.5, 0.6) is 0 Å². The third-order valence-corrected chi connectivity index (χ3v) is 4.95. The van der Waals surface area contributed by atoms with Gasteiger partial charge in [-0.05, 0) is 17.7 Å². The first-order valence-corrected chi connectivity index (χ1v) is 8.27. The van der Waals surface area contributed by atoms with Gasteiger partial charge >= 0.3 is 0 Å². The van der Waals surface area contributed by atoms with Gasteiger partial charge in [0.05, 0.1) is 4.90 Å². The van der Waals surface area contributed by atoms with Gasteiger partial charge in [0.2, 0.25) is 10.0 Å². The summed E-state index contributed by atoms with van der Waals surface area (Å²) in [4.78, 5) is 0.293. The number of nitrogens with zero attached hydrogens (tertiary/aromatic N) is 1. The smallest absolute Gasteiger partial charge is 0.207 e. The Labute approximate surface area is 124 Å². The summed E-state index contributed by atoms with van der Waals surface area (Å²) in [5.74, 6) is 0.263. The zero-order valence-corrected chi connectivity index (χ0v) is 12.5. The molecule has 0 spiro atoms. The van der Waals surface area contributed by atoms with Gasteiger partial charge in [-0.1, -0.05) is 48.5 Å². The Kier molecular flexibility index (Phi) is 5.17. The molecule has 0 radical (unpaired) electrons. The van der Waals surface area contributed by atoms with Crippen LogP contribution in [-0.2, 0) is 16.6 Å². The molecule has 0 aliphatic carbocycles. The lowest BCUT2D eigenvalue weighted by Crippen LogP contribution is -2.32. The highest BCUT2D eigenvalue weighted by Crippen LogP contribution is 2.18. The van der Waals surface area contributed by atoms with Crippen molar-refractivity contribution in [1.29, 1.82) is 0 Å². The predicted octanol–water partition coefficient (Wildman–Crippen LogP) is 3.12. The van der Waals surface area contributed by atoms with Gasteiger partial charge in [0.25, 0.3) is 0 Å². The standard InChI is InChI=1S/C15H16ClNO2S/c16-11-12-17(13-14-7-3-1-4-8-14)20(18,19)15-9-5-2-6-10-15/h1-10H,11-13H2. The highest BCUT2D eigenvalue weighted by Gasteiger charge is 2.23. The molecule has 0 aromatic heterocycles. The van der Waals surface area contributed by atoms with Crippen LogP contribution in [0, 0.1) is 0 Å². The minimum atomic E-state index is -3.51. The molecule has 0 atom stereocenters. The molecule has 0 saturated carbocycles. The van der Waals surface area contributed by atoms with E-state index in [9.17, 15) is 8.42 Å². The summed E-state index contributed by atoms with van der Waals surface area (Å²) in [6.07, 6.45) is 0. The van der Waals surface area contributed by atoms with E-state index in [-0.39, 0.29) is 12.4 Å². The van der Waals surface area contributed by atoms with Crippen LogP contribution in [-0.4, -0.2) is 25.1 Å². The average molecular weight is 310 g/mol. The Bertz CT molecular complexity index is 629. The van der Waals surface area contributed by atoms with Gasteiger partial charge in [-0.15, -0.1) is 11.6 Å². The molecule has 20 heavy (non-hydrogen) atoms.